The zero-order valence-corrected chi connectivity index (χ0v) is 20.1. The third-order valence-electron chi connectivity index (χ3n) is 3.95. The number of carbonyl (C=O) groups is 1. The van der Waals surface area contributed by atoms with Gasteiger partial charge in [0, 0.05) is 44.5 Å². The SMILES string of the molecule is CCNC(=NCCc1cn2cccc(C)c2n1)N(C)CC(=O)NC(C)(C)C.I. The van der Waals surface area contributed by atoms with Crippen molar-refractivity contribution in [3.8, 4) is 0 Å². The van der Waals surface area contributed by atoms with E-state index in [1.165, 1.54) is 0 Å². The number of hydrogen-bond donors (Lipinski definition) is 2. The molecule has 2 heterocycles. The zero-order chi connectivity index (χ0) is 20.0. The molecule has 2 rings (SSSR count). The molecule has 0 fully saturated rings. The fourth-order valence-electron chi connectivity index (χ4n) is 2.82. The van der Waals surface area contributed by atoms with Crippen LogP contribution in [0, 0.1) is 6.92 Å². The quantitative estimate of drug-likeness (QED) is 0.364. The minimum Gasteiger partial charge on any atom is -0.357 e. The second kappa shape index (κ2) is 10.6. The van der Waals surface area contributed by atoms with E-state index >= 15 is 0 Å². The van der Waals surface area contributed by atoms with Crippen LogP contribution in [0.3, 0.4) is 0 Å². The van der Waals surface area contributed by atoms with Crippen LogP contribution in [-0.2, 0) is 11.2 Å². The van der Waals surface area contributed by atoms with E-state index in [2.05, 4.69) is 33.6 Å². The molecule has 2 N–H and O–H groups in total. The van der Waals surface area contributed by atoms with E-state index in [1.54, 1.807) is 0 Å². The van der Waals surface area contributed by atoms with Crippen molar-refractivity contribution in [1.82, 2.24) is 24.9 Å². The van der Waals surface area contributed by atoms with Crippen LogP contribution in [0.5, 0.6) is 0 Å². The highest BCUT2D eigenvalue weighted by atomic mass is 127. The van der Waals surface area contributed by atoms with E-state index in [-0.39, 0.29) is 42.0 Å². The number of rotatable bonds is 6. The third-order valence-corrected chi connectivity index (χ3v) is 3.95. The van der Waals surface area contributed by atoms with Crippen molar-refractivity contribution in [2.75, 3.05) is 26.7 Å². The zero-order valence-electron chi connectivity index (χ0n) is 17.7. The van der Waals surface area contributed by atoms with Crippen LogP contribution in [0.25, 0.3) is 5.65 Å². The van der Waals surface area contributed by atoms with E-state index in [0.29, 0.717) is 6.54 Å². The average molecular weight is 500 g/mol. The summed E-state index contributed by atoms with van der Waals surface area (Å²) in [6.07, 6.45) is 4.80. The molecule has 0 radical (unpaired) electrons. The Hall–Kier alpha value is -1.84. The molecule has 7 nitrogen and oxygen atoms in total. The second-order valence-corrected chi connectivity index (χ2v) is 7.79. The number of fused-ring (bicyclic) bond motifs is 1. The van der Waals surface area contributed by atoms with Crippen LogP contribution in [0.4, 0.5) is 0 Å². The van der Waals surface area contributed by atoms with Gasteiger partial charge in [0.1, 0.15) is 5.65 Å². The summed E-state index contributed by atoms with van der Waals surface area (Å²) in [6.45, 7) is 11.6. The van der Waals surface area contributed by atoms with Crippen molar-refractivity contribution in [2.45, 2.75) is 46.6 Å². The molecular weight excluding hydrogens is 467 g/mol. The maximum atomic E-state index is 12.2. The Labute approximate surface area is 185 Å². The minimum atomic E-state index is -0.241. The molecule has 8 heteroatoms. The summed E-state index contributed by atoms with van der Waals surface area (Å²) in [5.74, 6) is 0.702. The molecule has 2 aromatic heterocycles. The molecule has 0 aromatic carbocycles. The third kappa shape index (κ3) is 7.29. The lowest BCUT2D eigenvalue weighted by molar-refractivity contribution is -0.122. The molecule has 2 aromatic rings. The highest BCUT2D eigenvalue weighted by Crippen LogP contribution is 2.10. The number of amides is 1. The number of halogens is 1. The molecule has 0 atom stereocenters. The molecule has 28 heavy (non-hydrogen) atoms. The largest absolute Gasteiger partial charge is 0.357 e. The first-order valence-electron chi connectivity index (χ1n) is 9.43. The van der Waals surface area contributed by atoms with Gasteiger partial charge in [0.2, 0.25) is 5.91 Å². The Morgan fingerprint density at radius 2 is 2.07 bits per heavy atom. The Kier molecular flexibility index (Phi) is 9.19. The van der Waals surface area contributed by atoms with Crippen LogP contribution < -0.4 is 10.6 Å². The molecule has 0 saturated heterocycles. The molecule has 0 aliphatic heterocycles. The van der Waals surface area contributed by atoms with Gasteiger partial charge in [0.25, 0.3) is 0 Å². The van der Waals surface area contributed by atoms with E-state index in [4.69, 9.17) is 0 Å². The van der Waals surface area contributed by atoms with Crippen molar-refractivity contribution in [1.29, 1.82) is 0 Å². The van der Waals surface area contributed by atoms with Crippen LogP contribution in [0.15, 0.2) is 29.5 Å². The monoisotopic (exact) mass is 500 g/mol. The van der Waals surface area contributed by atoms with Crippen LogP contribution in [0.2, 0.25) is 0 Å². The van der Waals surface area contributed by atoms with Gasteiger partial charge in [-0.3, -0.25) is 9.79 Å². The number of likely N-dealkylation sites (N-methyl/N-ethyl adjacent to an activating group) is 1. The topological polar surface area (TPSA) is 74.0 Å². The summed E-state index contributed by atoms with van der Waals surface area (Å²) < 4.78 is 2.04. The van der Waals surface area contributed by atoms with Crippen LogP contribution >= 0.6 is 24.0 Å². The normalized spacial score (nSPS) is 11.9. The van der Waals surface area contributed by atoms with Gasteiger partial charge in [-0.25, -0.2) is 4.98 Å². The first kappa shape index (κ1) is 24.2. The van der Waals surface area contributed by atoms with Gasteiger partial charge in [0.05, 0.1) is 12.2 Å². The van der Waals surface area contributed by atoms with Gasteiger partial charge in [-0.15, -0.1) is 24.0 Å². The molecule has 0 spiro atoms. The van der Waals surface area contributed by atoms with Crippen LogP contribution in [-0.4, -0.2) is 58.4 Å². The molecule has 0 unspecified atom stereocenters. The van der Waals surface area contributed by atoms with Gasteiger partial charge in [-0.05, 0) is 46.2 Å². The van der Waals surface area contributed by atoms with E-state index in [0.717, 1.165) is 35.8 Å². The van der Waals surface area contributed by atoms with E-state index in [9.17, 15) is 4.79 Å². The molecular formula is C20H33IN6O. The number of nitrogens with zero attached hydrogens (tertiary/aromatic N) is 4. The first-order valence-corrected chi connectivity index (χ1v) is 9.43. The van der Waals surface area contributed by atoms with Crippen molar-refractivity contribution in [3.05, 3.63) is 35.8 Å². The fraction of sp³-hybridized carbons (Fsp3) is 0.550. The number of carbonyl (C=O) groups excluding carboxylic acids is 1. The lowest BCUT2D eigenvalue weighted by atomic mass is 10.1. The maximum absolute atomic E-state index is 12.2. The average Bonchev–Trinajstić information content (AvgIpc) is 2.96. The van der Waals surface area contributed by atoms with E-state index < -0.39 is 0 Å². The van der Waals surface area contributed by atoms with Gasteiger partial charge in [-0.1, -0.05) is 6.07 Å². The number of nitrogens with one attached hydrogen (secondary N) is 2. The summed E-state index contributed by atoms with van der Waals surface area (Å²) >= 11 is 0. The highest BCUT2D eigenvalue weighted by Gasteiger charge is 2.16. The number of guanidine groups is 1. The Morgan fingerprint density at radius 3 is 2.68 bits per heavy atom. The summed E-state index contributed by atoms with van der Waals surface area (Å²) in [5.41, 5.74) is 2.91. The van der Waals surface area contributed by atoms with Crippen molar-refractivity contribution in [3.63, 3.8) is 0 Å². The number of imidazole rings is 1. The molecule has 1 amide bonds. The van der Waals surface area contributed by atoms with Crippen LogP contribution in [0.1, 0.15) is 39.0 Å². The van der Waals surface area contributed by atoms with Gasteiger partial charge in [0.15, 0.2) is 5.96 Å². The fourth-order valence-corrected chi connectivity index (χ4v) is 2.82. The predicted molar refractivity (Wildman–Crippen MR) is 126 cm³/mol. The molecule has 156 valence electrons. The Balaban J connectivity index is 0.00000392. The Bertz CT molecular complexity index is 809. The van der Waals surface area contributed by atoms with E-state index in [1.807, 2.05) is 62.5 Å². The number of aliphatic imine (C=N–C) groups is 1. The van der Waals surface area contributed by atoms with Crippen molar-refractivity contribution < 1.29 is 4.79 Å². The Morgan fingerprint density at radius 1 is 1.36 bits per heavy atom. The number of aryl methyl sites for hydroxylation is 1. The number of aromatic nitrogens is 2. The molecule has 0 saturated carbocycles. The smallest absolute Gasteiger partial charge is 0.240 e. The van der Waals surface area contributed by atoms with Gasteiger partial charge in [-0.2, -0.15) is 0 Å². The molecule has 0 aliphatic carbocycles. The summed E-state index contributed by atoms with van der Waals surface area (Å²) in [6, 6.07) is 4.08. The lowest BCUT2D eigenvalue weighted by Gasteiger charge is -2.25. The molecule has 0 bridgehead atoms. The summed E-state index contributed by atoms with van der Waals surface area (Å²) in [4.78, 5) is 23.3. The second-order valence-electron chi connectivity index (χ2n) is 7.79. The molecule has 0 aliphatic rings. The number of pyridine rings is 1. The van der Waals surface area contributed by atoms with Gasteiger partial charge < -0.3 is 19.9 Å². The lowest BCUT2D eigenvalue weighted by Crippen LogP contribution is -2.48. The van der Waals surface area contributed by atoms with Crippen molar-refractivity contribution in [2.24, 2.45) is 4.99 Å². The first-order chi connectivity index (χ1) is 12.7. The van der Waals surface area contributed by atoms with Gasteiger partial charge >= 0.3 is 0 Å². The summed E-state index contributed by atoms with van der Waals surface area (Å²) in [7, 11) is 1.87. The maximum Gasteiger partial charge on any atom is 0.240 e. The summed E-state index contributed by atoms with van der Waals surface area (Å²) in [5, 5.41) is 6.22. The minimum absolute atomic E-state index is 0. The number of hydrogen-bond acceptors (Lipinski definition) is 3. The standard InChI is InChI=1S/C20H32N6O.HI/c1-7-21-19(25(6)14-17(27)24-20(3,4)5)22-11-10-16-13-26-12-8-9-15(2)18(26)23-16;/h8-9,12-13H,7,10-11,14H2,1-6H3,(H,21,22)(H,24,27);1H. The highest BCUT2D eigenvalue weighted by molar-refractivity contribution is 14.0. The van der Waals surface area contributed by atoms with Crippen molar-refractivity contribution >= 4 is 41.5 Å². The predicted octanol–water partition coefficient (Wildman–Crippen LogP) is 2.62.